The molecule has 1 aromatic carbocycles. The minimum atomic E-state index is -0.716. The second kappa shape index (κ2) is 7.44. The summed E-state index contributed by atoms with van der Waals surface area (Å²) in [6.45, 7) is 9.07. The fraction of sp³-hybridized carbons (Fsp3) is 0.429. The van der Waals surface area contributed by atoms with Gasteiger partial charge in [0.2, 0.25) is 0 Å². The monoisotopic (exact) mass is 395 g/mol. The highest BCUT2D eigenvalue weighted by Crippen LogP contribution is 2.36. The van der Waals surface area contributed by atoms with Gasteiger partial charge in [-0.05, 0) is 56.4 Å². The minimum absolute atomic E-state index is 0.194. The first kappa shape index (κ1) is 19.3. The van der Waals surface area contributed by atoms with Gasteiger partial charge < -0.3 is 20.3 Å². The van der Waals surface area contributed by atoms with Gasteiger partial charge in [0, 0.05) is 19.1 Å². The van der Waals surface area contributed by atoms with E-state index in [0.717, 1.165) is 28.9 Å². The number of anilines is 2. The van der Waals surface area contributed by atoms with E-state index in [4.69, 9.17) is 0 Å². The molecule has 2 aromatic rings. The van der Waals surface area contributed by atoms with Crippen molar-refractivity contribution in [2.24, 2.45) is 10.9 Å². The lowest BCUT2D eigenvalue weighted by molar-refractivity contribution is -0.141. The quantitative estimate of drug-likeness (QED) is 0.698. The summed E-state index contributed by atoms with van der Waals surface area (Å²) in [4.78, 5) is 37.3. The summed E-state index contributed by atoms with van der Waals surface area (Å²) >= 11 is 0. The van der Waals surface area contributed by atoms with Crippen LogP contribution in [0, 0.1) is 19.8 Å². The fourth-order valence-electron chi connectivity index (χ4n) is 4.11. The zero-order valence-corrected chi connectivity index (χ0v) is 16.7. The molecule has 0 bridgehead atoms. The van der Waals surface area contributed by atoms with Gasteiger partial charge in [-0.3, -0.25) is 9.59 Å². The first-order chi connectivity index (χ1) is 13.8. The average Bonchev–Trinajstić information content (AvgIpc) is 3.13. The second-order valence-electron chi connectivity index (χ2n) is 7.87. The Bertz CT molecular complexity index is 1140. The van der Waals surface area contributed by atoms with Gasteiger partial charge in [0.15, 0.2) is 11.2 Å². The lowest BCUT2D eigenvalue weighted by Crippen LogP contribution is -2.44. The van der Waals surface area contributed by atoms with Crippen LogP contribution in [0.3, 0.4) is 0 Å². The molecule has 4 rings (SSSR count). The first-order valence-electron chi connectivity index (χ1n) is 9.86. The standard InChI is InChI=1S/C21H25N5O3/c1-11-8-16-17(9-12(11)2)26(19-18(25-16)20(27)24-13(3)23-19)7-6-22-15-5-4-14(10-15)21(28)29/h8-9,14-15,22H,3-7,10H2,1-2H3,(H,24,27)(H,28,29)/t14-,15-/m1/s1. The number of aromatic nitrogens is 2. The highest BCUT2D eigenvalue weighted by molar-refractivity contribution is 5.77. The number of nitrogens with one attached hydrogen (secondary N) is 2. The molecule has 2 aliphatic rings. The molecule has 3 N–H and O–H groups in total. The van der Waals surface area contributed by atoms with E-state index in [1.165, 1.54) is 0 Å². The van der Waals surface area contributed by atoms with E-state index in [9.17, 15) is 14.7 Å². The molecule has 8 heteroatoms. The van der Waals surface area contributed by atoms with E-state index in [2.05, 4.69) is 32.9 Å². The predicted octanol–water partition coefficient (Wildman–Crippen LogP) is 1.04. The van der Waals surface area contributed by atoms with Crippen LogP contribution in [0.2, 0.25) is 0 Å². The number of benzene rings is 1. The molecule has 0 radical (unpaired) electrons. The Kier molecular flexibility index (Phi) is 4.96. The summed E-state index contributed by atoms with van der Waals surface area (Å²) in [5.74, 6) is -0.472. The topological polar surface area (TPSA) is 111 Å². The molecule has 8 nitrogen and oxygen atoms in total. The molecule has 29 heavy (non-hydrogen) atoms. The Hall–Kier alpha value is -3.00. The highest BCUT2D eigenvalue weighted by Gasteiger charge is 2.30. The van der Waals surface area contributed by atoms with Crippen molar-refractivity contribution in [3.05, 3.63) is 44.5 Å². The lowest BCUT2D eigenvalue weighted by Gasteiger charge is -2.29. The van der Waals surface area contributed by atoms with Gasteiger partial charge in [0.1, 0.15) is 5.48 Å². The van der Waals surface area contributed by atoms with Crippen LogP contribution in [0.25, 0.3) is 6.58 Å². The molecular weight excluding hydrogens is 370 g/mol. The number of rotatable bonds is 5. The Morgan fingerprint density at radius 2 is 2.10 bits per heavy atom. The summed E-state index contributed by atoms with van der Waals surface area (Å²) in [6, 6.07) is 4.25. The van der Waals surface area contributed by atoms with Crippen molar-refractivity contribution in [1.29, 1.82) is 0 Å². The van der Waals surface area contributed by atoms with Crippen LogP contribution in [0.4, 0.5) is 17.2 Å². The van der Waals surface area contributed by atoms with Crippen molar-refractivity contribution in [3.8, 4) is 0 Å². The summed E-state index contributed by atoms with van der Waals surface area (Å²) in [7, 11) is 0. The number of hydrogen-bond donors (Lipinski definition) is 3. The Morgan fingerprint density at radius 3 is 2.83 bits per heavy atom. The second-order valence-corrected chi connectivity index (χ2v) is 7.87. The van der Waals surface area contributed by atoms with E-state index in [1.807, 2.05) is 24.8 Å². The first-order valence-corrected chi connectivity index (χ1v) is 9.86. The fourth-order valence-corrected chi connectivity index (χ4v) is 4.11. The van der Waals surface area contributed by atoms with Gasteiger partial charge >= 0.3 is 5.97 Å². The van der Waals surface area contributed by atoms with Crippen molar-refractivity contribution in [2.45, 2.75) is 39.2 Å². The summed E-state index contributed by atoms with van der Waals surface area (Å²) in [6.07, 6.45) is 2.22. The van der Waals surface area contributed by atoms with Gasteiger partial charge in [-0.15, -0.1) is 0 Å². The van der Waals surface area contributed by atoms with Gasteiger partial charge in [-0.25, -0.2) is 9.98 Å². The summed E-state index contributed by atoms with van der Waals surface area (Å²) in [5, 5.41) is 12.9. The zero-order valence-electron chi connectivity index (χ0n) is 16.7. The van der Waals surface area contributed by atoms with Crippen molar-refractivity contribution < 1.29 is 9.90 Å². The van der Waals surface area contributed by atoms with Crippen LogP contribution in [0.1, 0.15) is 30.4 Å². The van der Waals surface area contributed by atoms with Crippen LogP contribution in [0.15, 0.2) is 21.9 Å². The molecule has 1 aliphatic heterocycles. The van der Waals surface area contributed by atoms with Crippen LogP contribution in [-0.2, 0) is 4.79 Å². The number of carboxylic acid groups (broad SMARTS) is 1. The van der Waals surface area contributed by atoms with Crippen molar-refractivity contribution in [2.75, 3.05) is 18.0 Å². The molecule has 1 fully saturated rings. The third-order valence-corrected chi connectivity index (χ3v) is 5.85. The predicted molar refractivity (Wildman–Crippen MR) is 111 cm³/mol. The van der Waals surface area contributed by atoms with Crippen LogP contribution >= 0.6 is 0 Å². The third kappa shape index (κ3) is 3.67. The molecule has 1 saturated carbocycles. The number of nitrogens with zero attached hydrogens (tertiary/aromatic N) is 3. The van der Waals surface area contributed by atoms with E-state index < -0.39 is 5.97 Å². The Balaban J connectivity index is 1.62. The van der Waals surface area contributed by atoms with Crippen molar-refractivity contribution >= 4 is 29.7 Å². The maximum Gasteiger partial charge on any atom is 0.306 e. The molecule has 0 saturated heterocycles. The molecule has 1 aromatic heterocycles. The normalized spacial score (nSPS) is 20.1. The number of carbonyl (C=O) groups is 1. The largest absolute Gasteiger partial charge is 0.481 e. The number of carboxylic acids is 1. The van der Waals surface area contributed by atoms with Gasteiger partial charge in [0.05, 0.1) is 17.3 Å². The number of hydrogen-bond acceptors (Lipinski definition) is 6. The van der Waals surface area contributed by atoms with Crippen LogP contribution < -0.4 is 26.6 Å². The molecule has 0 amide bonds. The average molecular weight is 395 g/mol. The van der Waals surface area contributed by atoms with Crippen LogP contribution in [0.5, 0.6) is 0 Å². The number of H-pyrrole nitrogens is 1. The molecular formula is C21H25N5O3. The Labute approximate surface area is 168 Å². The Morgan fingerprint density at radius 1 is 1.34 bits per heavy atom. The van der Waals surface area contributed by atoms with Crippen molar-refractivity contribution in [3.63, 3.8) is 0 Å². The van der Waals surface area contributed by atoms with Gasteiger partial charge in [0.25, 0.3) is 5.56 Å². The number of fused-ring (bicyclic) bond motifs is 2. The molecule has 152 valence electrons. The van der Waals surface area contributed by atoms with E-state index in [0.29, 0.717) is 42.6 Å². The summed E-state index contributed by atoms with van der Waals surface area (Å²) < 4.78 is 0. The molecule has 1 aliphatic carbocycles. The highest BCUT2D eigenvalue weighted by atomic mass is 16.4. The maximum atomic E-state index is 12.4. The minimum Gasteiger partial charge on any atom is -0.481 e. The molecule has 0 spiro atoms. The SMILES string of the molecule is C=c1nc2c(c(=O)[nH]1)=Nc1cc(C)c(C)cc1N2CCN[C@@H]1CC[C@@H](C(=O)O)C1. The smallest absolute Gasteiger partial charge is 0.306 e. The number of aryl methyl sites for hydroxylation is 2. The maximum absolute atomic E-state index is 12.4. The third-order valence-electron chi connectivity index (χ3n) is 5.85. The molecule has 0 unspecified atom stereocenters. The van der Waals surface area contributed by atoms with E-state index in [1.54, 1.807) is 0 Å². The van der Waals surface area contributed by atoms with Crippen molar-refractivity contribution in [1.82, 2.24) is 15.3 Å². The number of aliphatic carboxylic acids is 1. The lowest BCUT2D eigenvalue weighted by atomic mass is 10.1. The summed E-state index contributed by atoms with van der Waals surface area (Å²) in [5.41, 5.74) is 3.90. The van der Waals surface area contributed by atoms with E-state index in [-0.39, 0.29) is 17.5 Å². The van der Waals surface area contributed by atoms with Gasteiger partial charge in [-0.2, -0.15) is 0 Å². The molecule has 2 atom stereocenters. The van der Waals surface area contributed by atoms with Gasteiger partial charge in [-0.1, -0.05) is 6.58 Å². The van der Waals surface area contributed by atoms with E-state index >= 15 is 0 Å². The van der Waals surface area contributed by atoms with Crippen LogP contribution in [-0.4, -0.2) is 40.2 Å². The number of aromatic amines is 1. The zero-order chi connectivity index (χ0) is 20.7. The molecule has 2 heterocycles.